The number of hydroxylamine groups is 2. The van der Waals surface area contributed by atoms with Gasteiger partial charge < -0.3 is 0 Å². The molecule has 1 atom stereocenters. The van der Waals surface area contributed by atoms with Gasteiger partial charge in [-0.1, -0.05) is 0 Å². The first kappa shape index (κ1) is 16.7. The lowest BCUT2D eigenvalue weighted by atomic mass is 10.2. The molecular formula is C11H22N2O4S2. The molecule has 19 heavy (non-hydrogen) atoms. The van der Waals surface area contributed by atoms with Crippen LogP contribution in [0, 0.1) is 0 Å². The molecule has 1 unspecified atom stereocenters. The standard InChI is InChI=1S/C11H22N2O4S2/c1-3-19(15,16)12-10(6-9-18-2)11(14)13-7-4-5-8-17-13/h10,12H,3-9H2,1-2H3. The summed E-state index contributed by atoms with van der Waals surface area (Å²) in [5.74, 6) is 0.402. The lowest BCUT2D eigenvalue weighted by Crippen LogP contribution is -2.50. The number of nitrogens with one attached hydrogen (secondary N) is 1. The third kappa shape index (κ3) is 5.68. The van der Waals surface area contributed by atoms with E-state index in [0.29, 0.717) is 19.6 Å². The molecule has 1 fully saturated rings. The molecule has 1 aliphatic rings. The highest BCUT2D eigenvalue weighted by molar-refractivity contribution is 7.98. The molecule has 0 saturated carbocycles. The summed E-state index contributed by atoms with van der Waals surface area (Å²) >= 11 is 1.58. The molecule has 1 heterocycles. The first-order chi connectivity index (χ1) is 9.00. The van der Waals surface area contributed by atoms with Crippen molar-refractivity contribution in [1.82, 2.24) is 9.79 Å². The molecule has 1 aliphatic heterocycles. The summed E-state index contributed by atoms with van der Waals surface area (Å²) in [6, 6.07) is -0.726. The van der Waals surface area contributed by atoms with E-state index in [1.807, 2.05) is 6.26 Å². The van der Waals surface area contributed by atoms with Crippen LogP contribution in [0.1, 0.15) is 26.2 Å². The Hall–Kier alpha value is -0.310. The summed E-state index contributed by atoms with van der Waals surface area (Å²) in [5.41, 5.74) is 0. The van der Waals surface area contributed by atoms with Gasteiger partial charge in [0.15, 0.2) is 0 Å². The second-order valence-electron chi connectivity index (χ2n) is 4.34. The van der Waals surface area contributed by atoms with Gasteiger partial charge in [0.1, 0.15) is 6.04 Å². The monoisotopic (exact) mass is 310 g/mol. The molecule has 1 saturated heterocycles. The van der Waals surface area contributed by atoms with E-state index < -0.39 is 16.1 Å². The van der Waals surface area contributed by atoms with Crippen molar-refractivity contribution < 1.29 is 18.0 Å². The Labute approximate surface area is 119 Å². The number of sulfonamides is 1. The van der Waals surface area contributed by atoms with Gasteiger partial charge >= 0.3 is 0 Å². The normalized spacial score (nSPS) is 18.3. The number of hydrogen-bond acceptors (Lipinski definition) is 5. The largest absolute Gasteiger partial charge is 0.271 e. The van der Waals surface area contributed by atoms with Crippen molar-refractivity contribution >= 4 is 27.7 Å². The average molecular weight is 310 g/mol. The summed E-state index contributed by atoms with van der Waals surface area (Å²) in [6.45, 7) is 2.60. The van der Waals surface area contributed by atoms with Gasteiger partial charge in [-0.05, 0) is 38.2 Å². The minimum absolute atomic E-state index is 0.0308. The van der Waals surface area contributed by atoms with Crippen molar-refractivity contribution in [3.8, 4) is 0 Å². The highest BCUT2D eigenvalue weighted by Crippen LogP contribution is 2.11. The van der Waals surface area contributed by atoms with Gasteiger partial charge in [0, 0.05) is 6.54 Å². The fraction of sp³-hybridized carbons (Fsp3) is 0.909. The zero-order chi connectivity index (χ0) is 14.3. The molecule has 0 aliphatic carbocycles. The molecule has 0 spiro atoms. The van der Waals surface area contributed by atoms with E-state index in [9.17, 15) is 13.2 Å². The van der Waals surface area contributed by atoms with Crippen LogP contribution in [0.25, 0.3) is 0 Å². The molecule has 0 bridgehead atoms. The molecule has 1 N–H and O–H groups in total. The highest BCUT2D eigenvalue weighted by Gasteiger charge is 2.29. The van der Waals surface area contributed by atoms with Gasteiger partial charge in [0.05, 0.1) is 12.4 Å². The third-order valence-electron chi connectivity index (χ3n) is 2.86. The Bertz CT molecular complexity index is 380. The molecule has 1 amide bonds. The van der Waals surface area contributed by atoms with Crippen molar-refractivity contribution in [3.05, 3.63) is 0 Å². The minimum atomic E-state index is -3.40. The zero-order valence-corrected chi connectivity index (χ0v) is 13.1. The number of carbonyl (C=O) groups excluding carboxylic acids is 1. The highest BCUT2D eigenvalue weighted by atomic mass is 32.2. The molecule has 112 valence electrons. The van der Waals surface area contributed by atoms with E-state index in [0.717, 1.165) is 18.6 Å². The Balaban J connectivity index is 2.68. The minimum Gasteiger partial charge on any atom is -0.271 e. The van der Waals surface area contributed by atoms with Crippen molar-refractivity contribution in [2.45, 2.75) is 32.2 Å². The number of carbonyl (C=O) groups is 1. The van der Waals surface area contributed by atoms with Crippen molar-refractivity contribution in [1.29, 1.82) is 0 Å². The maximum atomic E-state index is 12.3. The summed E-state index contributed by atoms with van der Waals surface area (Å²) in [7, 11) is -3.40. The quantitative estimate of drug-likeness (QED) is 0.745. The van der Waals surface area contributed by atoms with Crippen molar-refractivity contribution in [3.63, 3.8) is 0 Å². The van der Waals surface area contributed by atoms with Crippen LogP contribution in [0.2, 0.25) is 0 Å². The first-order valence-electron chi connectivity index (χ1n) is 6.43. The third-order valence-corrected chi connectivity index (χ3v) is 4.91. The van der Waals surface area contributed by atoms with E-state index in [1.54, 1.807) is 18.7 Å². The van der Waals surface area contributed by atoms with Gasteiger partial charge in [0.25, 0.3) is 5.91 Å². The van der Waals surface area contributed by atoms with Crippen molar-refractivity contribution in [2.75, 3.05) is 30.9 Å². The number of nitrogens with zero attached hydrogens (tertiary/aromatic N) is 1. The van der Waals surface area contributed by atoms with Crippen LogP contribution < -0.4 is 4.72 Å². The van der Waals surface area contributed by atoms with Crippen LogP contribution >= 0.6 is 11.8 Å². The topological polar surface area (TPSA) is 75.7 Å². The Morgan fingerprint density at radius 3 is 2.74 bits per heavy atom. The van der Waals surface area contributed by atoms with Gasteiger partial charge in [-0.25, -0.2) is 18.2 Å². The van der Waals surface area contributed by atoms with Crippen LogP contribution in [-0.4, -0.2) is 56.3 Å². The van der Waals surface area contributed by atoms with Crippen LogP contribution in [0.5, 0.6) is 0 Å². The SMILES string of the molecule is CCS(=O)(=O)NC(CCSC)C(=O)N1CCCCO1. The molecule has 0 aromatic heterocycles. The van der Waals surface area contributed by atoms with E-state index in [2.05, 4.69) is 4.72 Å². The second-order valence-corrected chi connectivity index (χ2v) is 7.36. The molecule has 6 nitrogen and oxygen atoms in total. The van der Waals surface area contributed by atoms with Crippen LogP contribution in [-0.2, 0) is 19.7 Å². The smallest absolute Gasteiger partial charge is 0.264 e. The lowest BCUT2D eigenvalue weighted by molar-refractivity contribution is -0.198. The summed E-state index contributed by atoms with van der Waals surface area (Å²) < 4.78 is 25.7. The number of rotatable bonds is 7. The van der Waals surface area contributed by atoms with Crippen LogP contribution in [0.3, 0.4) is 0 Å². The number of thioether (sulfide) groups is 1. The zero-order valence-electron chi connectivity index (χ0n) is 11.4. The molecule has 1 rings (SSSR count). The Morgan fingerprint density at radius 2 is 2.21 bits per heavy atom. The molecule has 0 aromatic carbocycles. The van der Waals surface area contributed by atoms with Gasteiger partial charge in [-0.15, -0.1) is 0 Å². The van der Waals surface area contributed by atoms with Crippen molar-refractivity contribution in [2.24, 2.45) is 0 Å². The van der Waals surface area contributed by atoms with Gasteiger partial charge in [-0.2, -0.15) is 11.8 Å². The Kier molecular flexibility index (Phi) is 7.12. The van der Waals surface area contributed by atoms with E-state index >= 15 is 0 Å². The Morgan fingerprint density at radius 1 is 1.47 bits per heavy atom. The summed E-state index contributed by atoms with van der Waals surface area (Å²) in [4.78, 5) is 17.6. The van der Waals surface area contributed by atoms with Gasteiger partial charge in [-0.3, -0.25) is 9.63 Å². The molecular weight excluding hydrogens is 288 g/mol. The van der Waals surface area contributed by atoms with Gasteiger partial charge in [0.2, 0.25) is 10.0 Å². The molecule has 8 heteroatoms. The summed E-state index contributed by atoms with van der Waals surface area (Å²) in [6.07, 6.45) is 4.22. The molecule has 0 radical (unpaired) electrons. The van der Waals surface area contributed by atoms with Crippen LogP contribution in [0.4, 0.5) is 0 Å². The predicted octanol–water partition coefficient (Wildman–Crippen LogP) is 0.601. The first-order valence-corrected chi connectivity index (χ1v) is 9.48. The maximum absolute atomic E-state index is 12.3. The van der Waals surface area contributed by atoms with E-state index in [-0.39, 0.29) is 11.7 Å². The maximum Gasteiger partial charge on any atom is 0.264 e. The number of hydrogen-bond donors (Lipinski definition) is 1. The fourth-order valence-corrected chi connectivity index (χ4v) is 3.00. The predicted molar refractivity (Wildman–Crippen MR) is 76.3 cm³/mol. The number of amides is 1. The van der Waals surface area contributed by atoms with E-state index in [1.165, 1.54) is 5.06 Å². The average Bonchev–Trinajstić information content (AvgIpc) is 2.43. The molecule has 0 aromatic rings. The van der Waals surface area contributed by atoms with Crippen LogP contribution in [0.15, 0.2) is 0 Å². The van der Waals surface area contributed by atoms with E-state index in [4.69, 9.17) is 4.84 Å². The summed E-state index contributed by atoms with van der Waals surface area (Å²) in [5, 5.41) is 1.30. The second kappa shape index (κ2) is 8.08. The lowest BCUT2D eigenvalue weighted by Gasteiger charge is -2.29. The fourth-order valence-electron chi connectivity index (χ4n) is 1.71.